The molecule has 0 unspecified atom stereocenters. The summed E-state index contributed by atoms with van der Waals surface area (Å²) in [5, 5.41) is 4.33. The number of aromatic nitrogens is 2. The molecule has 0 amide bonds. The van der Waals surface area contributed by atoms with Crippen LogP contribution >= 0.6 is 0 Å². The number of alkyl halides is 3. The third kappa shape index (κ3) is 3.74. The molecule has 0 atom stereocenters. The van der Waals surface area contributed by atoms with Crippen LogP contribution in [0, 0.1) is 0 Å². The van der Waals surface area contributed by atoms with E-state index in [4.69, 9.17) is 0 Å². The quantitative estimate of drug-likeness (QED) is 0.846. The summed E-state index contributed by atoms with van der Waals surface area (Å²) >= 11 is 0. The number of nitrogens with zero attached hydrogens (tertiary/aromatic N) is 2. The van der Waals surface area contributed by atoms with Gasteiger partial charge in [0.25, 0.3) is 0 Å². The molecule has 1 aromatic heterocycles. The van der Waals surface area contributed by atoms with Gasteiger partial charge in [-0.05, 0) is 36.8 Å². The van der Waals surface area contributed by atoms with E-state index in [1.807, 2.05) is 6.07 Å². The molecule has 102 valence electrons. The number of hydrogen-bond acceptors (Lipinski definition) is 2. The molecule has 0 aliphatic heterocycles. The molecule has 0 saturated heterocycles. The molecule has 2 rings (SSSR count). The van der Waals surface area contributed by atoms with Crippen LogP contribution in [0.3, 0.4) is 0 Å². The Kier molecular flexibility index (Phi) is 3.78. The standard InChI is InChI=1S/C13H13F3N2O/c1-2-3-10-8-9-18(17-10)11-4-6-12(7-5-11)19-13(14,15)16/h4-9H,2-3H2,1H3. The van der Waals surface area contributed by atoms with Crippen LogP contribution in [0.1, 0.15) is 19.0 Å². The molecule has 0 bridgehead atoms. The summed E-state index contributed by atoms with van der Waals surface area (Å²) in [6.07, 6.45) is -1.01. The number of ether oxygens (including phenoxy) is 1. The molecule has 0 saturated carbocycles. The molecule has 19 heavy (non-hydrogen) atoms. The maximum absolute atomic E-state index is 12.0. The minimum atomic E-state index is -4.67. The van der Waals surface area contributed by atoms with Gasteiger partial charge in [0.15, 0.2) is 0 Å². The first kappa shape index (κ1) is 13.5. The van der Waals surface area contributed by atoms with Crippen LogP contribution < -0.4 is 4.74 Å². The van der Waals surface area contributed by atoms with Gasteiger partial charge < -0.3 is 4.74 Å². The number of aryl methyl sites for hydroxylation is 1. The summed E-state index contributed by atoms with van der Waals surface area (Å²) in [5.41, 5.74) is 1.65. The highest BCUT2D eigenvalue weighted by Gasteiger charge is 2.30. The maximum atomic E-state index is 12.0. The van der Waals surface area contributed by atoms with Crippen molar-refractivity contribution in [2.24, 2.45) is 0 Å². The predicted octanol–water partition coefficient (Wildman–Crippen LogP) is 3.72. The Balaban J connectivity index is 2.13. The van der Waals surface area contributed by atoms with Crippen LogP contribution in [0.4, 0.5) is 13.2 Å². The highest BCUT2D eigenvalue weighted by Crippen LogP contribution is 2.23. The Hall–Kier alpha value is -1.98. The van der Waals surface area contributed by atoms with Crippen molar-refractivity contribution in [2.75, 3.05) is 0 Å². The van der Waals surface area contributed by atoms with Gasteiger partial charge in [-0.1, -0.05) is 13.3 Å². The van der Waals surface area contributed by atoms with Gasteiger partial charge in [-0.2, -0.15) is 5.10 Å². The molecule has 0 aliphatic carbocycles. The van der Waals surface area contributed by atoms with Crippen LogP contribution in [0.2, 0.25) is 0 Å². The van der Waals surface area contributed by atoms with Gasteiger partial charge in [-0.15, -0.1) is 13.2 Å². The average molecular weight is 270 g/mol. The Labute approximate surface area is 108 Å². The molecule has 1 aromatic carbocycles. The van der Waals surface area contributed by atoms with E-state index in [0.717, 1.165) is 18.5 Å². The number of rotatable bonds is 4. The maximum Gasteiger partial charge on any atom is 0.573 e. The third-order valence-corrected chi connectivity index (χ3v) is 2.49. The fraction of sp³-hybridized carbons (Fsp3) is 0.308. The Morgan fingerprint density at radius 3 is 2.42 bits per heavy atom. The van der Waals surface area contributed by atoms with E-state index >= 15 is 0 Å². The fourth-order valence-corrected chi connectivity index (χ4v) is 1.70. The van der Waals surface area contributed by atoms with Gasteiger partial charge in [-0.3, -0.25) is 0 Å². The van der Waals surface area contributed by atoms with E-state index in [9.17, 15) is 13.2 Å². The first-order valence-corrected chi connectivity index (χ1v) is 5.88. The van der Waals surface area contributed by atoms with Crippen molar-refractivity contribution in [3.05, 3.63) is 42.2 Å². The van der Waals surface area contributed by atoms with Gasteiger partial charge in [0.2, 0.25) is 0 Å². The second-order valence-electron chi connectivity index (χ2n) is 4.04. The molecular formula is C13H13F3N2O. The monoisotopic (exact) mass is 270 g/mol. The molecule has 0 spiro atoms. The summed E-state index contributed by atoms with van der Waals surface area (Å²) < 4.78 is 41.5. The van der Waals surface area contributed by atoms with E-state index in [1.54, 1.807) is 10.9 Å². The Bertz CT molecular complexity index is 532. The van der Waals surface area contributed by atoms with Crippen LogP contribution in [0.25, 0.3) is 5.69 Å². The van der Waals surface area contributed by atoms with Crippen molar-refractivity contribution in [1.29, 1.82) is 0 Å². The van der Waals surface area contributed by atoms with Crippen molar-refractivity contribution in [1.82, 2.24) is 9.78 Å². The van der Waals surface area contributed by atoms with Gasteiger partial charge in [0, 0.05) is 6.20 Å². The van der Waals surface area contributed by atoms with Crippen LogP contribution in [0.15, 0.2) is 36.5 Å². The van der Waals surface area contributed by atoms with Crippen molar-refractivity contribution < 1.29 is 17.9 Å². The molecule has 1 heterocycles. The average Bonchev–Trinajstić information content (AvgIpc) is 2.77. The number of hydrogen-bond donors (Lipinski definition) is 0. The lowest BCUT2D eigenvalue weighted by molar-refractivity contribution is -0.274. The Morgan fingerprint density at radius 1 is 1.16 bits per heavy atom. The minimum absolute atomic E-state index is 0.239. The van der Waals surface area contributed by atoms with E-state index in [1.165, 1.54) is 24.3 Å². The number of halogens is 3. The first-order valence-electron chi connectivity index (χ1n) is 5.88. The van der Waals surface area contributed by atoms with Gasteiger partial charge in [0.1, 0.15) is 5.75 Å². The fourth-order valence-electron chi connectivity index (χ4n) is 1.70. The third-order valence-electron chi connectivity index (χ3n) is 2.49. The van der Waals surface area contributed by atoms with Gasteiger partial charge >= 0.3 is 6.36 Å². The van der Waals surface area contributed by atoms with E-state index in [-0.39, 0.29) is 5.75 Å². The Morgan fingerprint density at radius 2 is 1.84 bits per heavy atom. The van der Waals surface area contributed by atoms with E-state index in [0.29, 0.717) is 5.69 Å². The molecule has 6 heteroatoms. The zero-order valence-electron chi connectivity index (χ0n) is 10.3. The SMILES string of the molecule is CCCc1ccn(-c2ccc(OC(F)(F)F)cc2)n1. The summed E-state index contributed by atoms with van der Waals surface area (Å²) in [7, 11) is 0. The molecular weight excluding hydrogens is 257 g/mol. The molecule has 0 radical (unpaired) electrons. The van der Waals surface area contributed by atoms with Crippen molar-refractivity contribution in [3.8, 4) is 11.4 Å². The lowest BCUT2D eigenvalue weighted by atomic mass is 10.3. The van der Waals surface area contributed by atoms with Crippen LogP contribution in [0.5, 0.6) is 5.75 Å². The summed E-state index contributed by atoms with van der Waals surface area (Å²) in [6, 6.07) is 7.49. The number of benzene rings is 1. The molecule has 2 aromatic rings. The summed E-state index contributed by atoms with van der Waals surface area (Å²) in [5.74, 6) is -0.239. The zero-order valence-corrected chi connectivity index (χ0v) is 10.3. The highest BCUT2D eigenvalue weighted by atomic mass is 19.4. The van der Waals surface area contributed by atoms with Crippen molar-refractivity contribution in [3.63, 3.8) is 0 Å². The molecule has 0 aliphatic rings. The van der Waals surface area contributed by atoms with E-state index in [2.05, 4.69) is 16.8 Å². The van der Waals surface area contributed by atoms with Crippen molar-refractivity contribution >= 4 is 0 Å². The van der Waals surface area contributed by atoms with E-state index < -0.39 is 6.36 Å². The topological polar surface area (TPSA) is 27.1 Å². The molecule has 0 N–H and O–H groups in total. The summed E-state index contributed by atoms with van der Waals surface area (Å²) in [4.78, 5) is 0. The molecule has 0 fully saturated rings. The normalized spacial score (nSPS) is 11.6. The van der Waals surface area contributed by atoms with Crippen LogP contribution in [-0.2, 0) is 6.42 Å². The van der Waals surface area contributed by atoms with Gasteiger partial charge in [-0.25, -0.2) is 4.68 Å². The minimum Gasteiger partial charge on any atom is -0.406 e. The predicted molar refractivity (Wildman–Crippen MR) is 64.2 cm³/mol. The first-order chi connectivity index (χ1) is 8.98. The molecule has 3 nitrogen and oxygen atoms in total. The smallest absolute Gasteiger partial charge is 0.406 e. The highest BCUT2D eigenvalue weighted by molar-refractivity contribution is 5.37. The lowest BCUT2D eigenvalue weighted by Crippen LogP contribution is -2.17. The van der Waals surface area contributed by atoms with Crippen molar-refractivity contribution in [2.45, 2.75) is 26.1 Å². The zero-order chi connectivity index (χ0) is 13.9. The second-order valence-corrected chi connectivity index (χ2v) is 4.04. The van der Waals surface area contributed by atoms with Crippen LogP contribution in [-0.4, -0.2) is 16.1 Å². The summed E-state index contributed by atoms with van der Waals surface area (Å²) in [6.45, 7) is 2.06. The lowest BCUT2D eigenvalue weighted by Gasteiger charge is -2.09. The largest absolute Gasteiger partial charge is 0.573 e. The van der Waals surface area contributed by atoms with Gasteiger partial charge in [0.05, 0.1) is 11.4 Å². The second kappa shape index (κ2) is 5.34.